The third-order valence-corrected chi connectivity index (χ3v) is 3.25. The lowest BCUT2D eigenvalue weighted by atomic mass is 10.1. The van der Waals surface area contributed by atoms with Crippen molar-refractivity contribution in [3.63, 3.8) is 0 Å². The molecule has 1 heterocycles. The Balaban J connectivity index is 2.87. The number of ether oxygens (including phenoxy) is 2. The topological polar surface area (TPSA) is 50.8 Å². The van der Waals surface area contributed by atoms with Crippen molar-refractivity contribution >= 4 is 6.09 Å². The van der Waals surface area contributed by atoms with Crippen LogP contribution in [0.15, 0.2) is 0 Å². The summed E-state index contributed by atoms with van der Waals surface area (Å²) in [6, 6.07) is 0.341. The van der Waals surface area contributed by atoms with E-state index in [9.17, 15) is 4.79 Å². The van der Waals surface area contributed by atoms with E-state index in [4.69, 9.17) is 9.47 Å². The lowest BCUT2D eigenvalue weighted by Gasteiger charge is -2.35. The van der Waals surface area contributed by atoms with Crippen LogP contribution in [0.5, 0.6) is 0 Å². The van der Waals surface area contributed by atoms with Gasteiger partial charge in [0.1, 0.15) is 11.3 Å². The van der Waals surface area contributed by atoms with Gasteiger partial charge in [0.2, 0.25) is 0 Å². The standard InChI is InChI=1S/C15H30N2O3/c1-10(2)16-9-12-11(3)19-15(7,8)17(12)13(18)20-14(4,5)6/h10-12,16H,9H2,1-8H3/t11-,12+/m0/s1. The predicted octanol–water partition coefficient (Wildman–Crippen LogP) is 2.74. The van der Waals surface area contributed by atoms with E-state index in [0.717, 1.165) is 0 Å². The van der Waals surface area contributed by atoms with Crippen molar-refractivity contribution in [3.8, 4) is 0 Å². The molecule has 0 radical (unpaired) electrons. The van der Waals surface area contributed by atoms with E-state index in [1.165, 1.54) is 0 Å². The molecule has 0 unspecified atom stereocenters. The number of carbonyl (C=O) groups excluding carboxylic acids is 1. The number of nitrogens with one attached hydrogen (secondary N) is 1. The normalized spacial score (nSPS) is 26.1. The highest BCUT2D eigenvalue weighted by Gasteiger charge is 2.49. The van der Waals surface area contributed by atoms with Gasteiger partial charge in [-0.1, -0.05) is 13.8 Å². The number of rotatable bonds is 3. The van der Waals surface area contributed by atoms with Crippen molar-refractivity contribution in [3.05, 3.63) is 0 Å². The summed E-state index contributed by atoms with van der Waals surface area (Å²) in [6.45, 7) is 16.3. The Morgan fingerprint density at radius 1 is 1.40 bits per heavy atom. The van der Waals surface area contributed by atoms with E-state index in [0.29, 0.717) is 12.6 Å². The summed E-state index contributed by atoms with van der Waals surface area (Å²) in [7, 11) is 0. The molecule has 1 saturated heterocycles. The first-order valence-electron chi connectivity index (χ1n) is 7.37. The largest absolute Gasteiger partial charge is 0.444 e. The maximum atomic E-state index is 12.5. The van der Waals surface area contributed by atoms with E-state index >= 15 is 0 Å². The van der Waals surface area contributed by atoms with E-state index in [1.807, 2.05) is 41.5 Å². The average molecular weight is 286 g/mol. The monoisotopic (exact) mass is 286 g/mol. The summed E-state index contributed by atoms with van der Waals surface area (Å²) < 4.78 is 11.4. The molecule has 0 aromatic rings. The summed E-state index contributed by atoms with van der Waals surface area (Å²) in [5, 5.41) is 3.37. The fourth-order valence-corrected chi connectivity index (χ4v) is 2.48. The average Bonchev–Trinajstić information content (AvgIpc) is 2.41. The van der Waals surface area contributed by atoms with Crippen molar-refractivity contribution in [2.75, 3.05) is 6.54 Å². The van der Waals surface area contributed by atoms with Crippen molar-refractivity contribution in [2.45, 2.75) is 84.9 Å². The van der Waals surface area contributed by atoms with Gasteiger partial charge in [0.25, 0.3) is 0 Å². The van der Waals surface area contributed by atoms with Crippen molar-refractivity contribution in [1.82, 2.24) is 10.2 Å². The van der Waals surface area contributed by atoms with Crippen LogP contribution >= 0.6 is 0 Å². The molecular weight excluding hydrogens is 256 g/mol. The number of hydrogen-bond acceptors (Lipinski definition) is 4. The van der Waals surface area contributed by atoms with Crippen molar-refractivity contribution in [2.24, 2.45) is 0 Å². The molecule has 0 saturated carbocycles. The highest BCUT2D eigenvalue weighted by molar-refractivity contribution is 5.70. The first-order valence-corrected chi connectivity index (χ1v) is 7.37. The van der Waals surface area contributed by atoms with Gasteiger partial charge in [-0.2, -0.15) is 0 Å². The Morgan fingerprint density at radius 2 is 1.95 bits per heavy atom. The Morgan fingerprint density at radius 3 is 2.40 bits per heavy atom. The molecule has 0 aromatic carbocycles. The summed E-state index contributed by atoms with van der Waals surface area (Å²) in [6.07, 6.45) is -0.342. The Kier molecular flexibility index (Phi) is 5.08. The quantitative estimate of drug-likeness (QED) is 0.866. The third kappa shape index (κ3) is 4.35. The molecule has 0 aliphatic carbocycles. The van der Waals surface area contributed by atoms with Crippen LogP contribution in [0.4, 0.5) is 4.79 Å². The lowest BCUT2D eigenvalue weighted by molar-refractivity contribution is -0.0756. The van der Waals surface area contributed by atoms with Crippen LogP contribution in [0.1, 0.15) is 55.4 Å². The molecule has 1 aliphatic heterocycles. The molecule has 0 spiro atoms. The highest BCUT2D eigenvalue weighted by Crippen LogP contribution is 2.33. The third-order valence-electron chi connectivity index (χ3n) is 3.25. The predicted molar refractivity (Wildman–Crippen MR) is 79.6 cm³/mol. The van der Waals surface area contributed by atoms with Crippen molar-refractivity contribution in [1.29, 1.82) is 0 Å². The molecule has 1 N–H and O–H groups in total. The maximum absolute atomic E-state index is 12.5. The van der Waals surface area contributed by atoms with Crippen LogP contribution in [-0.2, 0) is 9.47 Å². The second kappa shape index (κ2) is 5.90. The van der Waals surface area contributed by atoms with Crippen LogP contribution in [0.2, 0.25) is 0 Å². The van der Waals surface area contributed by atoms with Crippen LogP contribution in [0, 0.1) is 0 Å². The smallest absolute Gasteiger partial charge is 0.412 e. The number of carbonyl (C=O) groups is 1. The van der Waals surface area contributed by atoms with Gasteiger partial charge in [-0.05, 0) is 41.5 Å². The zero-order valence-electron chi connectivity index (χ0n) is 14.1. The minimum atomic E-state index is -0.648. The molecule has 5 heteroatoms. The zero-order valence-corrected chi connectivity index (χ0v) is 14.1. The molecule has 1 aliphatic rings. The molecule has 1 amide bonds. The molecule has 5 nitrogen and oxygen atoms in total. The maximum Gasteiger partial charge on any atom is 0.412 e. The summed E-state index contributed by atoms with van der Waals surface area (Å²) in [5.41, 5.74) is -1.15. The number of nitrogens with zero attached hydrogens (tertiary/aromatic N) is 1. The summed E-state index contributed by atoms with van der Waals surface area (Å²) >= 11 is 0. The summed E-state index contributed by atoms with van der Waals surface area (Å²) in [5.74, 6) is 0. The molecule has 0 aromatic heterocycles. The van der Waals surface area contributed by atoms with Gasteiger partial charge in [0.15, 0.2) is 0 Å². The van der Waals surface area contributed by atoms with Crippen molar-refractivity contribution < 1.29 is 14.3 Å². The molecule has 1 rings (SSSR count). The molecule has 0 bridgehead atoms. The van der Waals surface area contributed by atoms with Crippen LogP contribution < -0.4 is 5.32 Å². The van der Waals surface area contributed by atoms with Gasteiger partial charge in [0, 0.05) is 12.6 Å². The van der Waals surface area contributed by atoms with Crippen LogP contribution in [-0.4, -0.2) is 47.1 Å². The van der Waals surface area contributed by atoms with E-state index in [-0.39, 0.29) is 18.2 Å². The van der Waals surface area contributed by atoms with E-state index in [2.05, 4.69) is 19.2 Å². The molecule has 1 fully saturated rings. The van der Waals surface area contributed by atoms with Gasteiger partial charge in [-0.15, -0.1) is 0 Å². The lowest BCUT2D eigenvalue weighted by Crippen LogP contribution is -2.53. The minimum absolute atomic E-state index is 0.0243. The first kappa shape index (κ1) is 17.2. The van der Waals surface area contributed by atoms with Gasteiger partial charge < -0.3 is 14.8 Å². The number of amides is 1. The van der Waals surface area contributed by atoms with Gasteiger partial charge in [0.05, 0.1) is 12.1 Å². The molecule has 118 valence electrons. The fraction of sp³-hybridized carbons (Fsp3) is 0.933. The van der Waals surface area contributed by atoms with Gasteiger partial charge in [-0.3, -0.25) is 4.90 Å². The Bertz CT molecular complexity index is 348. The van der Waals surface area contributed by atoms with E-state index < -0.39 is 11.3 Å². The Labute approximate surface area is 123 Å². The Hall–Kier alpha value is -0.810. The fourth-order valence-electron chi connectivity index (χ4n) is 2.48. The van der Waals surface area contributed by atoms with Crippen LogP contribution in [0.25, 0.3) is 0 Å². The SMILES string of the molecule is CC(C)NC[C@@H]1[C@H](C)OC(C)(C)N1C(=O)OC(C)(C)C. The van der Waals surface area contributed by atoms with Crippen LogP contribution in [0.3, 0.4) is 0 Å². The molecule has 2 atom stereocenters. The van der Waals surface area contributed by atoms with Gasteiger partial charge in [-0.25, -0.2) is 4.79 Å². The zero-order chi connectivity index (χ0) is 15.7. The second-order valence-corrected chi connectivity index (χ2v) is 7.25. The minimum Gasteiger partial charge on any atom is -0.444 e. The first-order chi connectivity index (χ1) is 8.94. The summed E-state index contributed by atoms with van der Waals surface area (Å²) in [4.78, 5) is 14.2. The van der Waals surface area contributed by atoms with Gasteiger partial charge >= 0.3 is 6.09 Å². The van der Waals surface area contributed by atoms with E-state index in [1.54, 1.807) is 4.90 Å². The molecule has 20 heavy (non-hydrogen) atoms. The molecular formula is C15H30N2O3. The highest BCUT2D eigenvalue weighted by atomic mass is 16.6. The number of hydrogen-bond donors (Lipinski definition) is 1. The second-order valence-electron chi connectivity index (χ2n) is 7.25.